The largest absolute Gasteiger partial charge is 0.493 e. The number of hydrogen-bond donors (Lipinski definition) is 1. The highest BCUT2D eigenvalue weighted by atomic mass is 16.5. The molecule has 0 aliphatic carbocycles. The molecule has 1 N–H and O–H groups in total. The summed E-state index contributed by atoms with van der Waals surface area (Å²) >= 11 is 0. The van der Waals surface area contributed by atoms with Crippen LogP contribution in [0.1, 0.15) is 13.3 Å². The normalized spacial score (nSPS) is 14.7. The number of piperazine rings is 1. The molecular weight excluding hydrogens is 338 g/mol. The third kappa shape index (κ3) is 4.78. The molecule has 26 heavy (non-hydrogen) atoms. The Morgan fingerprint density at radius 3 is 2.04 bits per heavy atom. The van der Waals surface area contributed by atoms with E-state index in [0.29, 0.717) is 36.0 Å². The van der Waals surface area contributed by atoms with Crippen molar-refractivity contribution in [3.63, 3.8) is 0 Å². The molecule has 0 spiro atoms. The Balaban J connectivity index is 1.98. The van der Waals surface area contributed by atoms with Gasteiger partial charge in [0.2, 0.25) is 17.6 Å². The van der Waals surface area contributed by atoms with E-state index in [4.69, 9.17) is 14.2 Å². The Morgan fingerprint density at radius 2 is 1.58 bits per heavy atom. The summed E-state index contributed by atoms with van der Waals surface area (Å²) in [7, 11) is 4.51. The van der Waals surface area contributed by atoms with Gasteiger partial charge in [0.05, 0.1) is 21.3 Å². The number of anilines is 1. The lowest BCUT2D eigenvalue weighted by molar-refractivity contribution is -0.136. The first-order valence-corrected chi connectivity index (χ1v) is 8.62. The van der Waals surface area contributed by atoms with Crippen LogP contribution in [0.4, 0.5) is 5.69 Å². The van der Waals surface area contributed by atoms with Gasteiger partial charge in [-0.25, -0.2) is 0 Å². The van der Waals surface area contributed by atoms with Crippen molar-refractivity contribution >= 4 is 17.5 Å². The van der Waals surface area contributed by atoms with E-state index >= 15 is 0 Å². The zero-order chi connectivity index (χ0) is 19.1. The lowest BCUT2D eigenvalue weighted by atomic mass is 10.2. The smallest absolute Gasteiger partial charge is 0.233 e. The third-order valence-corrected chi connectivity index (χ3v) is 4.43. The summed E-state index contributed by atoms with van der Waals surface area (Å²) in [6.07, 6.45) is -0.192. The van der Waals surface area contributed by atoms with Gasteiger partial charge in [0.15, 0.2) is 11.5 Å². The van der Waals surface area contributed by atoms with Gasteiger partial charge >= 0.3 is 0 Å². The number of methoxy groups -OCH3 is 3. The van der Waals surface area contributed by atoms with Crippen LogP contribution in [-0.4, -0.2) is 75.7 Å². The number of carbonyl (C=O) groups excluding carboxylic acids is 2. The zero-order valence-corrected chi connectivity index (χ0v) is 15.8. The molecule has 0 aromatic heterocycles. The minimum Gasteiger partial charge on any atom is -0.493 e. The molecule has 8 nitrogen and oxygen atoms in total. The maximum atomic E-state index is 12.3. The van der Waals surface area contributed by atoms with Crippen molar-refractivity contribution < 1.29 is 23.8 Å². The molecule has 1 aromatic rings. The van der Waals surface area contributed by atoms with Crippen molar-refractivity contribution in [1.82, 2.24) is 9.80 Å². The number of nitrogens with zero attached hydrogens (tertiary/aromatic N) is 2. The van der Waals surface area contributed by atoms with Crippen LogP contribution in [0, 0.1) is 0 Å². The number of ether oxygens (including phenoxy) is 3. The van der Waals surface area contributed by atoms with Gasteiger partial charge in [-0.15, -0.1) is 0 Å². The second kappa shape index (κ2) is 9.28. The minimum absolute atomic E-state index is 0.161. The Kier molecular flexibility index (Phi) is 7.08. The average Bonchev–Trinajstić information content (AvgIpc) is 2.66. The highest BCUT2D eigenvalue weighted by molar-refractivity contribution is 6.03. The molecule has 2 rings (SSSR count). The van der Waals surface area contributed by atoms with E-state index < -0.39 is 0 Å². The number of carbonyl (C=O) groups is 2. The van der Waals surface area contributed by atoms with Gasteiger partial charge < -0.3 is 29.3 Å². The molecule has 1 saturated heterocycles. The van der Waals surface area contributed by atoms with Crippen molar-refractivity contribution in [2.24, 2.45) is 0 Å². The van der Waals surface area contributed by atoms with Crippen LogP contribution in [-0.2, 0) is 9.59 Å². The van der Waals surface area contributed by atoms with Crippen LogP contribution in [0.25, 0.3) is 0 Å². The van der Waals surface area contributed by atoms with E-state index in [1.165, 1.54) is 21.3 Å². The van der Waals surface area contributed by atoms with Gasteiger partial charge in [0.25, 0.3) is 0 Å². The minimum atomic E-state index is -0.373. The van der Waals surface area contributed by atoms with Gasteiger partial charge in [-0.2, -0.15) is 0 Å². The lowest BCUT2D eigenvalue weighted by Gasteiger charge is -2.34. The molecule has 0 atom stereocenters. The van der Waals surface area contributed by atoms with Crippen molar-refractivity contribution in [2.75, 3.05) is 59.4 Å². The molecule has 1 heterocycles. The van der Waals surface area contributed by atoms with Crippen molar-refractivity contribution in [3.05, 3.63) is 12.1 Å². The van der Waals surface area contributed by atoms with Crippen molar-refractivity contribution in [1.29, 1.82) is 0 Å². The molecule has 8 heteroatoms. The Hall–Kier alpha value is -2.48. The standard InChI is InChI=1S/C18H27N3O5/c1-5-20-6-8-21(9-7-20)17(23)12-16(22)19-13-10-14(24-2)18(26-4)15(11-13)25-3/h10-11H,5-9,12H2,1-4H3,(H,19,22). The number of amides is 2. The van der Waals surface area contributed by atoms with Crippen LogP contribution in [0.2, 0.25) is 0 Å². The number of benzene rings is 1. The Morgan fingerprint density at radius 1 is 1.00 bits per heavy atom. The van der Waals surface area contributed by atoms with Crippen LogP contribution >= 0.6 is 0 Å². The molecule has 0 radical (unpaired) electrons. The zero-order valence-electron chi connectivity index (χ0n) is 15.8. The first-order valence-electron chi connectivity index (χ1n) is 8.62. The molecule has 144 valence electrons. The van der Waals surface area contributed by atoms with Gasteiger partial charge in [-0.3, -0.25) is 9.59 Å². The predicted octanol–water partition coefficient (Wildman–Crippen LogP) is 1.21. The van der Waals surface area contributed by atoms with Crippen molar-refractivity contribution in [3.8, 4) is 17.2 Å². The van der Waals surface area contributed by atoms with E-state index in [2.05, 4.69) is 17.1 Å². The average molecular weight is 365 g/mol. The lowest BCUT2D eigenvalue weighted by Crippen LogP contribution is -2.49. The van der Waals surface area contributed by atoms with Crippen LogP contribution in [0.15, 0.2) is 12.1 Å². The number of nitrogens with one attached hydrogen (secondary N) is 1. The van der Waals surface area contributed by atoms with Gasteiger partial charge in [-0.05, 0) is 6.54 Å². The van der Waals surface area contributed by atoms with Gasteiger partial charge in [0, 0.05) is 44.0 Å². The summed E-state index contributed by atoms with van der Waals surface area (Å²) in [6, 6.07) is 3.26. The first kappa shape index (κ1) is 19.8. The van der Waals surface area contributed by atoms with Crippen LogP contribution in [0.3, 0.4) is 0 Å². The fraction of sp³-hybridized carbons (Fsp3) is 0.556. The second-order valence-corrected chi connectivity index (χ2v) is 5.95. The highest BCUT2D eigenvalue weighted by Gasteiger charge is 2.22. The van der Waals surface area contributed by atoms with E-state index in [9.17, 15) is 9.59 Å². The molecule has 0 saturated carbocycles. The molecule has 1 fully saturated rings. The van der Waals surface area contributed by atoms with E-state index in [0.717, 1.165) is 19.6 Å². The Bertz CT molecular complexity index is 617. The topological polar surface area (TPSA) is 80.3 Å². The SMILES string of the molecule is CCN1CCN(C(=O)CC(=O)Nc2cc(OC)c(OC)c(OC)c2)CC1. The van der Waals surface area contributed by atoms with Gasteiger partial charge in [-0.1, -0.05) is 6.92 Å². The van der Waals surface area contributed by atoms with Gasteiger partial charge in [0.1, 0.15) is 6.42 Å². The maximum Gasteiger partial charge on any atom is 0.233 e. The summed E-state index contributed by atoms with van der Waals surface area (Å²) in [6.45, 7) is 6.08. The molecular formula is C18H27N3O5. The number of hydrogen-bond acceptors (Lipinski definition) is 6. The molecule has 2 amide bonds. The number of likely N-dealkylation sites (N-methyl/N-ethyl adjacent to an activating group) is 1. The number of rotatable bonds is 7. The van der Waals surface area contributed by atoms with Crippen LogP contribution < -0.4 is 19.5 Å². The summed E-state index contributed by atoms with van der Waals surface area (Å²) in [4.78, 5) is 28.6. The highest BCUT2D eigenvalue weighted by Crippen LogP contribution is 2.39. The predicted molar refractivity (Wildman–Crippen MR) is 98.0 cm³/mol. The van der Waals surface area contributed by atoms with Crippen molar-refractivity contribution in [2.45, 2.75) is 13.3 Å². The van der Waals surface area contributed by atoms with E-state index in [1.807, 2.05) is 0 Å². The quantitative estimate of drug-likeness (QED) is 0.732. The van der Waals surface area contributed by atoms with E-state index in [1.54, 1.807) is 17.0 Å². The third-order valence-electron chi connectivity index (χ3n) is 4.43. The first-order chi connectivity index (χ1) is 12.5. The molecule has 1 aliphatic rings. The second-order valence-electron chi connectivity index (χ2n) is 5.95. The summed E-state index contributed by atoms with van der Waals surface area (Å²) in [5, 5.41) is 2.72. The summed E-state index contributed by atoms with van der Waals surface area (Å²) < 4.78 is 15.8. The van der Waals surface area contributed by atoms with E-state index in [-0.39, 0.29) is 18.2 Å². The molecule has 0 unspecified atom stereocenters. The molecule has 1 aromatic carbocycles. The molecule has 1 aliphatic heterocycles. The summed E-state index contributed by atoms with van der Waals surface area (Å²) in [5.41, 5.74) is 0.480. The fourth-order valence-electron chi connectivity index (χ4n) is 2.92. The summed E-state index contributed by atoms with van der Waals surface area (Å²) in [5.74, 6) is 0.777. The molecule has 0 bridgehead atoms. The van der Waals surface area contributed by atoms with Crippen LogP contribution in [0.5, 0.6) is 17.2 Å². The maximum absolute atomic E-state index is 12.3. The fourth-order valence-corrected chi connectivity index (χ4v) is 2.92. The monoisotopic (exact) mass is 365 g/mol. The Labute approximate surface area is 154 Å².